The predicted molar refractivity (Wildman–Crippen MR) is 143 cm³/mol. The SMILES string of the molecule is COC[C@@H](C)Cc1cc(NC(=O)N2CCCc3cc(CN(C)C(=O)[C@H]4CCOC4)c(C=O)nc32)ncc1C#N. The molecular weight excluding hydrogens is 500 g/mol. The largest absolute Gasteiger partial charge is 0.384 e. The van der Waals surface area contributed by atoms with Crippen molar-refractivity contribution in [2.75, 3.05) is 50.7 Å². The van der Waals surface area contributed by atoms with Crippen molar-refractivity contribution in [1.29, 1.82) is 5.26 Å². The van der Waals surface area contributed by atoms with E-state index in [1.54, 1.807) is 25.1 Å². The molecule has 0 unspecified atom stereocenters. The molecule has 0 aliphatic carbocycles. The van der Waals surface area contributed by atoms with Gasteiger partial charge in [-0.25, -0.2) is 14.8 Å². The van der Waals surface area contributed by atoms with Gasteiger partial charge in [0.05, 0.1) is 18.1 Å². The number of hydrogen-bond donors (Lipinski definition) is 1. The number of aldehydes is 1. The number of nitrogens with one attached hydrogen (secondary N) is 1. The number of pyridine rings is 2. The molecule has 11 heteroatoms. The maximum absolute atomic E-state index is 13.3. The van der Waals surface area contributed by atoms with Crippen molar-refractivity contribution in [3.05, 3.63) is 46.3 Å². The Labute approximate surface area is 228 Å². The van der Waals surface area contributed by atoms with E-state index in [1.807, 2.05) is 13.0 Å². The molecule has 39 heavy (non-hydrogen) atoms. The number of carbonyl (C=O) groups is 3. The topological polar surface area (TPSA) is 138 Å². The first-order valence-electron chi connectivity index (χ1n) is 13.1. The summed E-state index contributed by atoms with van der Waals surface area (Å²) in [4.78, 5) is 49.9. The number of ether oxygens (including phenoxy) is 2. The molecule has 1 fully saturated rings. The Bertz CT molecular complexity index is 1270. The summed E-state index contributed by atoms with van der Waals surface area (Å²) in [6.45, 7) is 4.24. The van der Waals surface area contributed by atoms with Crippen LogP contribution in [0.5, 0.6) is 0 Å². The minimum atomic E-state index is -0.422. The van der Waals surface area contributed by atoms with Crippen LogP contribution in [0.4, 0.5) is 16.4 Å². The van der Waals surface area contributed by atoms with Crippen LogP contribution < -0.4 is 10.2 Å². The fourth-order valence-electron chi connectivity index (χ4n) is 5.09. The molecule has 0 aromatic carbocycles. The Balaban J connectivity index is 1.52. The van der Waals surface area contributed by atoms with Gasteiger partial charge in [-0.1, -0.05) is 6.92 Å². The summed E-state index contributed by atoms with van der Waals surface area (Å²) in [5.41, 5.74) is 2.91. The molecule has 0 bridgehead atoms. The standard InChI is InChI=1S/C28H34N6O5/c1-18(16-38-3)9-21-11-25(30-13-23(21)12-29)32-28(37)34-7-4-5-19-10-22(24(15-35)31-26(19)34)14-33(2)27(36)20-6-8-39-17-20/h10-11,13,15,18,20H,4-9,14,16-17H2,1-3H3,(H,30,32,37)/t18-,20-/m0/s1. The first-order valence-corrected chi connectivity index (χ1v) is 13.1. The summed E-state index contributed by atoms with van der Waals surface area (Å²) < 4.78 is 10.5. The lowest BCUT2D eigenvalue weighted by molar-refractivity contribution is -0.134. The van der Waals surface area contributed by atoms with E-state index in [9.17, 15) is 19.6 Å². The highest BCUT2D eigenvalue weighted by molar-refractivity contribution is 6.01. The summed E-state index contributed by atoms with van der Waals surface area (Å²) in [5, 5.41) is 12.3. The van der Waals surface area contributed by atoms with E-state index in [4.69, 9.17) is 9.47 Å². The number of amides is 3. The monoisotopic (exact) mass is 534 g/mol. The summed E-state index contributed by atoms with van der Waals surface area (Å²) in [7, 11) is 3.34. The third-order valence-corrected chi connectivity index (χ3v) is 7.06. The first-order chi connectivity index (χ1) is 18.8. The lowest BCUT2D eigenvalue weighted by Gasteiger charge is -2.29. The number of fused-ring (bicyclic) bond motifs is 1. The zero-order valence-electron chi connectivity index (χ0n) is 22.6. The number of urea groups is 1. The molecule has 4 heterocycles. The third kappa shape index (κ3) is 6.58. The van der Waals surface area contributed by atoms with E-state index in [1.165, 1.54) is 11.1 Å². The lowest BCUT2D eigenvalue weighted by Crippen LogP contribution is -2.40. The highest BCUT2D eigenvalue weighted by Crippen LogP contribution is 2.29. The second-order valence-electron chi connectivity index (χ2n) is 10.2. The molecule has 2 aliphatic heterocycles. The van der Waals surface area contributed by atoms with Crippen molar-refractivity contribution in [1.82, 2.24) is 14.9 Å². The van der Waals surface area contributed by atoms with E-state index in [-0.39, 0.29) is 30.0 Å². The zero-order chi connectivity index (χ0) is 27.9. The number of methoxy groups -OCH3 is 1. The molecule has 0 radical (unpaired) electrons. The van der Waals surface area contributed by atoms with E-state index < -0.39 is 6.03 Å². The fraction of sp³-hybridized carbons (Fsp3) is 0.500. The number of carbonyl (C=O) groups excluding carboxylic acids is 3. The number of hydrogen-bond acceptors (Lipinski definition) is 8. The molecule has 206 valence electrons. The van der Waals surface area contributed by atoms with Crippen molar-refractivity contribution >= 4 is 29.9 Å². The molecule has 2 aliphatic rings. The number of aryl methyl sites for hydroxylation is 1. The van der Waals surface area contributed by atoms with Crippen LogP contribution in [0.15, 0.2) is 18.3 Å². The average Bonchev–Trinajstić information content (AvgIpc) is 3.47. The van der Waals surface area contributed by atoms with Crippen LogP contribution in [0.2, 0.25) is 0 Å². The van der Waals surface area contributed by atoms with Gasteiger partial charge in [-0.3, -0.25) is 19.8 Å². The van der Waals surface area contributed by atoms with Crippen LogP contribution in [0.3, 0.4) is 0 Å². The van der Waals surface area contributed by atoms with Crippen LogP contribution in [0.25, 0.3) is 0 Å². The van der Waals surface area contributed by atoms with Crippen molar-refractivity contribution in [3.63, 3.8) is 0 Å². The number of rotatable bonds is 9. The molecule has 2 aromatic rings. The number of anilines is 2. The van der Waals surface area contributed by atoms with Crippen LogP contribution in [0.1, 0.15) is 52.5 Å². The molecular formula is C28H34N6O5. The van der Waals surface area contributed by atoms with E-state index in [0.29, 0.717) is 74.7 Å². The minimum Gasteiger partial charge on any atom is -0.384 e. The second-order valence-corrected chi connectivity index (χ2v) is 10.2. The first kappa shape index (κ1) is 28.1. The van der Waals surface area contributed by atoms with Gasteiger partial charge in [-0.05, 0) is 54.9 Å². The quantitative estimate of drug-likeness (QED) is 0.485. The summed E-state index contributed by atoms with van der Waals surface area (Å²) in [6.07, 6.45) is 4.83. The van der Waals surface area contributed by atoms with Gasteiger partial charge in [0.2, 0.25) is 5.91 Å². The van der Waals surface area contributed by atoms with Crippen LogP contribution in [-0.4, -0.2) is 73.6 Å². The lowest BCUT2D eigenvalue weighted by atomic mass is 9.99. The van der Waals surface area contributed by atoms with Crippen LogP contribution >= 0.6 is 0 Å². The molecule has 0 spiro atoms. The maximum Gasteiger partial charge on any atom is 0.328 e. The minimum absolute atomic E-state index is 0.0195. The van der Waals surface area contributed by atoms with Crippen molar-refractivity contribution in [2.24, 2.45) is 11.8 Å². The fourth-order valence-corrected chi connectivity index (χ4v) is 5.09. The molecule has 2 atom stereocenters. The summed E-state index contributed by atoms with van der Waals surface area (Å²) in [6, 6.07) is 5.31. The van der Waals surface area contributed by atoms with E-state index in [0.717, 1.165) is 17.5 Å². The third-order valence-electron chi connectivity index (χ3n) is 7.06. The molecule has 4 rings (SSSR count). The Morgan fingerprint density at radius 2 is 2.21 bits per heavy atom. The maximum atomic E-state index is 13.3. The Morgan fingerprint density at radius 3 is 2.90 bits per heavy atom. The predicted octanol–water partition coefficient (Wildman–Crippen LogP) is 2.97. The van der Waals surface area contributed by atoms with Gasteiger partial charge in [0.1, 0.15) is 23.4 Å². The molecule has 1 saturated heterocycles. The van der Waals surface area contributed by atoms with Crippen molar-refractivity contribution in [2.45, 2.75) is 39.2 Å². The molecule has 11 nitrogen and oxygen atoms in total. The normalized spacial score (nSPS) is 17.2. The zero-order valence-corrected chi connectivity index (χ0v) is 22.6. The van der Waals surface area contributed by atoms with Crippen LogP contribution in [-0.2, 0) is 33.7 Å². The van der Waals surface area contributed by atoms with Gasteiger partial charge in [0.15, 0.2) is 6.29 Å². The number of aromatic nitrogens is 2. The second kappa shape index (κ2) is 12.8. The Morgan fingerprint density at radius 1 is 1.38 bits per heavy atom. The average molecular weight is 535 g/mol. The van der Waals surface area contributed by atoms with Gasteiger partial charge in [-0.2, -0.15) is 5.26 Å². The van der Waals surface area contributed by atoms with Gasteiger partial charge in [-0.15, -0.1) is 0 Å². The Hall–Kier alpha value is -3.88. The molecule has 2 aromatic heterocycles. The number of nitrogens with zero attached hydrogens (tertiary/aromatic N) is 5. The van der Waals surface area contributed by atoms with Crippen molar-refractivity contribution < 1.29 is 23.9 Å². The van der Waals surface area contributed by atoms with Crippen LogP contribution in [0, 0.1) is 23.2 Å². The summed E-state index contributed by atoms with van der Waals surface area (Å²) >= 11 is 0. The van der Waals surface area contributed by atoms with Gasteiger partial charge < -0.3 is 14.4 Å². The molecule has 0 saturated carbocycles. The molecule has 1 N–H and O–H groups in total. The highest BCUT2D eigenvalue weighted by Gasteiger charge is 2.29. The van der Waals surface area contributed by atoms with Crippen molar-refractivity contribution in [3.8, 4) is 6.07 Å². The Kier molecular flexibility index (Phi) is 9.22. The smallest absolute Gasteiger partial charge is 0.328 e. The van der Waals surface area contributed by atoms with E-state index >= 15 is 0 Å². The van der Waals surface area contributed by atoms with Gasteiger partial charge in [0.25, 0.3) is 0 Å². The molecule has 3 amide bonds. The number of nitriles is 1. The van der Waals surface area contributed by atoms with E-state index in [2.05, 4.69) is 21.4 Å². The highest BCUT2D eigenvalue weighted by atomic mass is 16.5. The van der Waals surface area contributed by atoms with Gasteiger partial charge in [0, 0.05) is 52.2 Å². The van der Waals surface area contributed by atoms with Gasteiger partial charge >= 0.3 is 6.03 Å². The summed E-state index contributed by atoms with van der Waals surface area (Å²) in [5.74, 6) is 0.746.